The van der Waals surface area contributed by atoms with Crippen molar-refractivity contribution in [3.63, 3.8) is 0 Å². The van der Waals surface area contributed by atoms with Crippen molar-refractivity contribution >= 4 is 17.8 Å². The molecule has 2 rings (SSSR count). The first-order valence-electron chi connectivity index (χ1n) is 9.07. The zero-order chi connectivity index (χ0) is 17.7. The van der Waals surface area contributed by atoms with E-state index in [2.05, 4.69) is 5.32 Å². The molecule has 2 fully saturated rings. The van der Waals surface area contributed by atoms with E-state index in [4.69, 9.17) is 0 Å². The van der Waals surface area contributed by atoms with Gasteiger partial charge in [0, 0.05) is 45.2 Å². The van der Waals surface area contributed by atoms with E-state index < -0.39 is 0 Å². The average molecular weight is 338 g/mol. The molecule has 7 nitrogen and oxygen atoms in total. The maximum atomic E-state index is 12.9. The summed E-state index contributed by atoms with van der Waals surface area (Å²) >= 11 is 0. The Balaban J connectivity index is 1.97. The number of urea groups is 1. The van der Waals surface area contributed by atoms with Crippen LogP contribution >= 0.6 is 0 Å². The summed E-state index contributed by atoms with van der Waals surface area (Å²) < 4.78 is 0. The van der Waals surface area contributed by atoms with Crippen molar-refractivity contribution in [3.05, 3.63) is 0 Å². The molecule has 2 heterocycles. The van der Waals surface area contributed by atoms with Gasteiger partial charge >= 0.3 is 6.03 Å². The summed E-state index contributed by atoms with van der Waals surface area (Å²) in [4.78, 5) is 42.4. The first-order valence-corrected chi connectivity index (χ1v) is 9.07. The normalized spacial score (nSPS) is 21.8. The fourth-order valence-electron chi connectivity index (χ4n) is 3.42. The van der Waals surface area contributed by atoms with E-state index in [0.29, 0.717) is 39.1 Å². The van der Waals surface area contributed by atoms with Gasteiger partial charge in [0.15, 0.2) is 0 Å². The van der Waals surface area contributed by atoms with E-state index in [1.165, 1.54) is 0 Å². The van der Waals surface area contributed by atoms with Gasteiger partial charge in [-0.2, -0.15) is 0 Å². The molecule has 0 spiro atoms. The Bertz CT molecular complexity index is 480. The highest BCUT2D eigenvalue weighted by molar-refractivity contribution is 5.88. The number of rotatable bonds is 3. The van der Waals surface area contributed by atoms with Crippen LogP contribution in [0.5, 0.6) is 0 Å². The molecule has 2 aliphatic heterocycles. The Morgan fingerprint density at radius 3 is 2.33 bits per heavy atom. The summed E-state index contributed by atoms with van der Waals surface area (Å²) in [5.41, 5.74) is 0. The maximum absolute atomic E-state index is 12.9. The second-order valence-corrected chi connectivity index (χ2v) is 6.87. The molecule has 24 heavy (non-hydrogen) atoms. The summed E-state index contributed by atoms with van der Waals surface area (Å²) in [7, 11) is 0. The van der Waals surface area contributed by atoms with E-state index in [9.17, 15) is 14.4 Å². The molecule has 4 amide bonds. The van der Waals surface area contributed by atoms with Crippen LogP contribution < -0.4 is 5.32 Å². The van der Waals surface area contributed by atoms with Crippen molar-refractivity contribution in [2.24, 2.45) is 0 Å². The number of amides is 4. The molecule has 2 aliphatic rings. The number of carbonyl (C=O) groups excluding carboxylic acids is 3. The quantitative estimate of drug-likeness (QED) is 0.836. The van der Waals surface area contributed by atoms with Gasteiger partial charge < -0.3 is 20.0 Å². The van der Waals surface area contributed by atoms with Crippen LogP contribution in [0, 0.1) is 0 Å². The molecule has 0 saturated carbocycles. The summed E-state index contributed by atoms with van der Waals surface area (Å²) in [5.74, 6) is 0.167. The minimum Gasteiger partial charge on any atom is -0.341 e. The van der Waals surface area contributed by atoms with Crippen LogP contribution in [0.1, 0.15) is 46.5 Å². The second kappa shape index (κ2) is 8.35. The first kappa shape index (κ1) is 18.5. The van der Waals surface area contributed by atoms with E-state index >= 15 is 0 Å². The predicted octanol–water partition coefficient (Wildman–Crippen LogP) is 1.04. The highest BCUT2D eigenvalue weighted by atomic mass is 16.2. The number of hydrogen-bond donors (Lipinski definition) is 1. The van der Waals surface area contributed by atoms with E-state index in [0.717, 1.165) is 19.3 Å². The van der Waals surface area contributed by atoms with Gasteiger partial charge in [0.1, 0.15) is 6.04 Å². The molecule has 0 aliphatic carbocycles. The molecular weight excluding hydrogens is 308 g/mol. The Morgan fingerprint density at radius 1 is 1.00 bits per heavy atom. The fourth-order valence-corrected chi connectivity index (χ4v) is 3.42. The zero-order valence-electron chi connectivity index (χ0n) is 15.1. The standard InChI is InChI=1S/C17H30N4O3/c1-4-15(22)19-8-6-9-20(12-11-19)16(23)14-7-5-10-21(14)17(24)18-13(2)3/h13-14H,4-12H2,1-3H3,(H,18,24)/t14-/m0/s1. The predicted molar refractivity (Wildman–Crippen MR) is 91.5 cm³/mol. The van der Waals surface area contributed by atoms with Gasteiger partial charge in [-0.25, -0.2) is 4.79 Å². The molecule has 0 aromatic heterocycles. The van der Waals surface area contributed by atoms with Crippen LogP contribution in [0.15, 0.2) is 0 Å². The van der Waals surface area contributed by atoms with Gasteiger partial charge in [-0.05, 0) is 33.1 Å². The summed E-state index contributed by atoms with van der Waals surface area (Å²) in [5, 5.41) is 2.88. The van der Waals surface area contributed by atoms with Crippen molar-refractivity contribution in [1.29, 1.82) is 0 Å². The molecule has 0 aromatic rings. The van der Waals surface area contributed by atoms with Gasteiger partial charge in [-0.1, -0.05) is 6.92 Å². The van der Waals surface area contributed by atoms with E-state index in [1.807, 2.05) is 30.6 Å². The molecule has 1 N–H and O–H groups in total. The van der Waals surface area contributed by atoms with Crippen LogP contribution in [0.2, 0.25) is 0 Å². The lowest BCUT2D eigenvalue weighted by molar-refractivity contribution is -0.136. The molecule has 0 unspecified atom stereocenters. The number of nitrogens with zero attached hydrogens (tertiary/aromatic N) is 3. The fraction of sp³-hybridized carbons (Fsp3) is 0.824. The largest absolute Gasteiger partial charge is 0.341 e. The van der Waals surface area contributed by atoms with Gasteiger partial charge in [0.2, 0.25) is 11.8 Å². The number of nitrogens with one attached hydrogen (secondary N) is 1. The molecular formula is C17H30N4O3. The van der Waals surface area contributed by atoms with Crippen LogP contribution in [0.3, 0.4) is 0 Å². The third-order valence-electron chi connectivity index (χ3n) is 4.67. The Labute approximate surface area is 144 Å². The third kappa shape index (κ3) is 4.39. The van der Waals surface area contributed by atoms with E-state index in [1.54, 1.807) is 4.90 Å². The highest BCUT2D eigenvalue weighted by Crippen LogP contribution is 2.20. The lowest BCUT2D eigenvalue weighted by atomic mass is 10.2. The lowest BCUT2D eigenvalue weighted by Gasteiger charge is -2.30. The smallest absolute Gasteiger partial charge is 0.318 e. The molecule has 7 heteroatoms. The summed E-state index contributed by atoms with van der Waals surface area (Å²) in [6.45, 7) is 8.83. The van der Waals surface area contributed by atoms with Crippen molar-refractivity contribution in [3.8, 4) is 0 Å². The molecule has 1 atom stereocenters. The monoisotopic (exact) mass is 338 g/mol. The molecule has 0 aromatic carbocycles. The number of carbonyl (C=O) groups is 3. The average Bonchev–Trinajstić information content (AvgIpc) is 2.90. The maximum Gasteiger partial charge on any atom is 0.318 e. The lowest BCUT2D eigenvalue weighted by Crippen LogP contribution is -2.52. The van der Waals surface area contributed by atoms with Gasteiger partial charge in [0.05, 0.1) is 0 Å². The SMILES string of the molecule is CCC(=O)N1CCCN(C(=O)[C@@H]2CCCN2C(=O)NC(C)C)CC1. The van der Waals surface area contributed by atoms with Crippen LogP contribution in [-0.2, 0) is 9.59 Å². The Morgan fingerprint density at radius 2 is 1.67 bits per heavy atom. The zero-order valence-corrected chi connectivity index (χ0v) is 15.1. The van der Waals surface area contributed by atoms with Crippen LogP contribution in [0.25, 0.3) is 0 Å². The molecule has 0 radical (unpaired) electrons. The van der Waals surface area contributed by atoms with E-state index in [-0.39, 0.29) is 29.9 Å². The van der Waals surface area contributed by atoms with Crippen molar-refractivity contribution in [2.75, 3.05) is 32.7 Å². The molecule has 2 saturated heterocycles. The second-order valence-electron chi connectivity index (χ2n) is 6.87. The third-order valence-corrected chi connectivity index (χ3v) is 4.67. The Hall–Kier alpha value is -1.79. The Kier molecular flexibility index (Phi) is 6.45. The highest BCUT2D eigenvalue weighted by Gasteiger charge is 2.37. The minimum absolute atomic E-state index is 0.0252. The first-order chi connectivity index (χ1) is 11.4. The van der Waals surface area contributed by atoms with Gasteiger partial charge in [-0.15, -0.1) is 0 Å². The number of hydrogen-bond acceptors (Lipinski definition) is 3. The number of likely N-dealkylation sites (tertiary alicyclic amines) is 1. The molecule has 0 bridgehead atoms. The molecule has 136 valence electrons. The minimum atomic E-state index is -0.364. The van der Waals surface area contributed by atoms with Crippen LogP contribution in [-0.4, -0.2) is 77.4 Å². The topological polar surface area (TPSA) is 73.0 Å². The summed E-state index contributed by atoms with van der Waals surface area (Å²) in [6, 6.07) is -0.462. The summed E-state index contributed by atoms with van der Waals surface area (Å²) in [6.07, 6.45) is 2.87. The van der Waals surface area contributed by atoms with Crippen molar-refractivity contribution < 1.29 is 14.4 Å². The van der Waals surface area contributed by atoms with Crippen molar-refractivity contribution in [2.45, 2.75) is 58.5 Å². The van der Waals surface area contributed by atoms with Gasteiger partial charge in [-0.3, -0.25) is 9.59 Å². The van der Waals surface area contributed by atoms with Gasteiger partial charge in [0.25, 0.3) is 0 Å². The van der Waals surface area contributed by atoms with Crippen LogP contribution in [0.4, 0.5) is 4.79 Å². The van der Waals surface area contributed by atoms with Crippen molar-refractivity contribution in [1.82, 2.24) is 20.0 Å².